The van der Waals surface area contributed by atoms with Crippen LogP contribution in [0, 0.1) is 0 Å². The predicted octanol–water partition coefficient (Wildman–Crippen LogP) is 3.02. The lowest BCUT2D eigenvalue weighted by Gasteiger charge is -2.08. The minimum Gasteiger partial charge on any atom is -0.477 e. The smallest absolute Gasteiger partial charge is 0.351 e. The molecule has 3 aromatic heterocycles. The van der Waals surface area contributed by atoms with Crippen molar-refractivity contribution in [2.45, 2.75) is 0 Å². The first-order valence-corrected chi connectivity index (χ1v) is 8.34. The highest BCUT2D eigenvalue weighted by Crippen LogP contribution is 2.38. The van der Waals surface area contributed by atoms with Crippen LogP contribution in [0.15, 0.2) is 54.1 Å². The van der Waals surface area contributed by atoms with Gasteiger partial charge in [-0.1, -0.05) is 6.07 Å². The molecule has 0 amide bonds. The van der Waals surface area contributed by atoms with E-state index in [0.717, 1.165) is 12.1 Å². The number of carbonyl (C=O) groups is 2. The van der Waals surface area contributed by atoms with Gasteiger partial charge in [0.25, 0.3) is 0 Å². The SMILES string of the molecule is O=C(O)c1cc2cc3cc(C(=O)O)c(=O)oc3c(-c3cccs3)c2oc1=O. The number of hydrogen-bond donors (Lipinski definition) is 2. The molecule has 0 bridgehead atoms. The molecule has 0 fully saturated rings. The monoisotopic (exact) mass is 384 g/mol. The molecular weight excluding hydrogens is 376 g/mol. The molecule has 4 aromatic rings. The molecule has 2 N–H and O–H groups in total. The number of fused-ring (bicyclic) bond motifs is 2. The van der Waals surface area contributed by atoms with Crippen molar-refractivity contribution in [3.63, 3.8) is 0 Å². The summed E-state index contributed by atoms with van der Waals surface area (Å²) in [5.74, 6) is -2.90. The van der Waals surface area contributed by atoms with E-state index in [2.05, 4.69) is 0 Å². The maximum absolute atomic E-state index is 12.0. The molecule has 4 rings (SSSR count). The number of benzene rings is 1. The van der Waals surface area contributed by atoms with Crippen LogP contribution in [0.25, 0.3) is 32.4 Å². The lowest BCUT2D eigenvalue weighted by molar-refractivity contribution is 0.0681. The highest BCUT2D eigenvalue weighted by atomic mass is 32.1. The van der Waals surface area contributed by atoms with Crippen LogP contribution < -0.4 is 11.3 Å². The van der Waals surface area contributed by atoms with Gasteiger partial charge in [-0.05, 0) is 29.6 Å². The molecular formula is C18H8O8S. The van der Waals surface area contributed by atoms with Crippen LogP contribution in [-0.4, -0.2) is 22.2 Å². The zero-order valence-corrected chi connectivity index (χ0v) is 14.0. The highest BCUT2D eigenvalue weighted by Gasteiger charge is 2.21. The molecule has 0 unspecified atom stereocenters. The number of rotatable bonds is 3. The quantitative estimate of drug-likeness (QED) is 0.406. The molecule has 0 spiro atoms. The number of thiophene rings is 1. The van der Waals surface area contributed by atoms with Gasteiger partial charge in [-0.3, -0.25) is 0 Å². The predicted molar refractivity (Wildman–Crippen MR) is 95.8 cm³/mol. The minimum absolute atomic E-state index is 0.0474. The zero-order valence-electron chi connectivity index (χ0n) is 13.2. The van der Waals surface area contributed by atoms with Crippen molar-refractivity contribution in [1.82, 2.24) is 0 Å². The molecule has 8 nitrogen and oxygen atoms in total. The van der Waals surface area contributed by atoms with Crippen molar-refractivity contribution in [1.29, 1.82) is 0 Å². The second-order valence-electron chi connectivity index (χ2n) is 5.57. The summed E-state index contributed by atoms with van der Waals surface area (Å²) in [6.45, 7) is 0. The fourth-order valence-corrected chi connectivity index (χ4v) is 3.56. The van der Waals surface area contributed by atoms with Crippen molar-refractivity contribution in [2.75, 3.05) is 0 Å². The van der Waals surface area contributed by atoms with Gasteiger partial charge in [-0.2, -0.15) is 0 Å². The standard InChI is InChI=1S/C18H8O8S/c19-15(20)9-5-7-4-8-6-10(16(21)22)18(24)26-14(8)12(11-2-1-3-27-11)13(7)25-17(9)23/h1-6H,(H,19,20)(H,21,22). The molecule has 0 saturated heterocycles. The third-order valence-electron chi connectivity index (χ3n) is 3.95. The summed E-state index contributed by atoms with van der Waals surface area (Å²) in [7, 11) is 0. The number of carboxylic acids is 2. The van der Waals surface area contributed by atoms with Gasteiger partial charge in [-0.15, -0.1) is 11.3 Å². The van der Waals surface area contributed by atoms with Gasteiger partial charge in [0.15, 0.2) is 11.2 Å². The van der Waals surface area contributed by atoms with Crippen LogP contribution in [0.3, 0.4) is 0 Å². The lowest BCUT2D eigenvalue weighted by atomic mass is 10.0. The molecule has 0 aliphatic carbocycles. The van der Waals surface area contributed by atoms with Crippen molar-refractivity contribution >= 4 is 45.2 Å². The Morgan fingerprint density at radius 3 is 1.78 bits per heavy atom. The lowest BCUT2D eigenvalue weighted by Crippen LogP contribution is -2.14. The van der Waals surface area contributed by atoms with E-state index in [-0.39, 0.29) is 27.5 Å². The fraction of sp³-hybridized carbons (Fsp3) is 0. The summed E-state index contributed by atoms with van der Waals surface area (Å²) in [5, 5.41) is 20.6. The summed E-state index contributed by atoms with van der Waals surface area (Å²) < 4.78 is 10.5. The van der Waals surface area contributed by atoms with Crippen LogP contribution in [-0.2, 0) is 0 Å². The van der Waals surface area contributed by atoms with E-state index in [1.54, 1.807) is 17.5 Å². The van der Waals surface area contributed by atoms with Crippen LogP contribution >= 0.6 is 11.3 Å². The van der Waals surface area contributed by atoms with E-state index in [1.807, 2.05) is 0 Å². The molecule has 0 atom stereocenters. The Bertz CT molecular complexity index is 1270. The van der Waals surface area contributed by atoms with Crippen molar-refractivity contribution < 1.29 is 28.6 Å². The van der Waals surface area contributed by atoms with E-state index in [0.29, 0.717) is 4.88 Å². The Morgan fingerprint density at radius 2 is 1.37 bits per heavy atom. The molecule has 0 saturated carbocycles. The van der Waals surface area contributed by atoms with Crippen molar-refractivity contribution in [2.24, 2.45) is 0 Å². The fourth-order valence-electron chi connectivity index (χ4n) is 2.79. The molecule has 0 aliphatic heterocycles. The first-order chi connectivity index (χ1) is 12.9. The molecule has 1 aromatic carbocycles. The topological polar surface area (TPSA) is 135 Å². The first-order valence-electron chi connectivity index (χ1n) is 7.46. The Labute approximate surface area is 152 Å². The van der Waals surface area contributed by atoms with Gasteiger partial charge in [0.05, 0.1) is 5.56 Å². The summed E-state index contributed by atoms with van der Waals surface area (Å²) in [6.07, 6.45) is 0. The van der Waals surface area contributed by atoms with Gasteiger partial charge in [-0.25, -0.2) is 19.2 Å². The van der Waals surface area contributed by atoms with Crippen LogP contribution in [0.4, 0.5) is 0 Å². The summed E-state index contributed by atoms with van der Waals surface area (Å²) in [4.78, 5) is 47.1. The highest BCUT2D eigenvalue weighted by molar-refractivity contribution is 7.13. The Hall–Kier alpha value is -3.72. The molecule has 9 heteroatoms. The van der Waals surface area contributed by atoms with Crippen LogP contribution in [0.1, 0.15) is 20.7 Å². The van der Waals surface area contributed by atoms with Gasteiger partial charge in [0.2, 0.25) is 0 Å². The van der Waals surface area contributed by atoms with E-state index in [4.69, 9.17) is 19.0 Å². The third kappa shape index (κ3) is 2.61. The Balaban J connectivity index is 2.25. The largest absolute Gasteiger partial charge is 0.477 e. The average molecular weight is 384 g/mol. The minimum atomic E-state index is -1.45. The van der Waals surface area contributed by atoms with Crippen LogP contribution in [0.2, 0.25) is 0 Å². The molecule has 3 heterocycles. The third-order valence-corrected chi connectivity index (χ3v) is 4.83. The Kier molecular flexibility index (Phi) is 3.67. The summed E-state index contributed by atoms with van der Waals surface area (Å²) in [6, 6.07) is 7.14. The average Bonchev–Trinajstić information content (AvgIpc) is 3.12. The molecule has 0 aliphatic rings. The van der Waals surface area contributed by atoms with Crippen LogP contribution in [0.5, 0.6) is 0 Å². The molecule has 0 radical (unpaired) electrons. The maximum atomic E-state index is 12.0. The maximum Gasteiger partial charge on any atom is 0.351 e. The number of carboxylic acid groups (broad SMARTS) is 2. The normalized spacial score (nSPS) is 11.1. The van der Waals surface area contributed by atoms with E-state index in [9.17, 15) is 19.2 Å². The van der Waals surface area contributed by atoms with E-state index < -0.39 is 34.3 Å². The van der Waals surface area contributed by atoms with E-state index in [1.165, 1.54) is 17.4 Å². The van der Waals surface area contributed by atoms with Crippen molar-refractivity contribution in [3.05, 3.63) is 67.7 Å². The van der Waals surface area contributed by atoms with Gasteiger partial charge in [0, 0.05) is 15.6 Å². The summed E-state index contributed by atoms with van der Waals surface area (Å²) in [5.41, 5.74) is -2.84. The Morgan fingerprint density at radius 1 is 0.852 bits per heavy atom. The van der Waals surface area contributed by atoms with Crippen molar-refractivity contribution in [3.8, 4) is 10.4 Å². The number of aromatic carboxylic acids is 2. The second-order valence-corrected chi connectivity index (χ2v) is 6.52. The van der Waals surface area contributed by atoms with Gasteiger partial charge < -0.3 is 19.0 Å². The summed E-state index contributed by atoms with van der Waals surface area (Å²) >= 11 is 1.28. The first kappa shape index (κ1) is 16.7. The molecule has 134 valence electrons. The van der Waals surface area contributed by atoms with E-state index >= 15 is 0 Å². The zero-order chi connectivity index (χ0) is 19.3. The number of hydrogen-bond acceptors (Lipinski definition) is 7. The van der Waals surface area contributed by atoms with Gasteiger partial charge in [0.1, 0.15) is 11.1 Å². The second kappa shape index (κ2) is 5.92. The molecule has 27 heavy (non-hydrogen) atoms. The van der Waals surface area contributed by atoms with Gasteiger partial charge >= 0.3 is 23.2 Å².